The first kappa shape index (κ1) is 18.4. The summed E-state index contributed by atoms with van der Waals surface area (Å²) in [5.41, 5.74) is 2.17. The van der Waals surface area contributed by atoms with Crippen LogP contribution in [-0.4, -0.2) is 39.5 Å². The Morgan fingerprint density at radius 1 is 1.00 bits per heavy atom. The number of halogens is 1. The number of benzene rings is 2. The van der Waals surface area contributed by atoms with E-state index in [-0.39, 0.29) is 17.6 Å². The molecule has 0 spiro atoms. The lowest BCUT2D eigenvalue weighted by atomic mass is 9.89. The van der Waals surface area contributed by atoms with E-state index in [0.29, 0.717) is 29.2 Å². The van der Waals surface area contributed by atoms with Gasteiger partial charge in [0.2, 0.25) is 0 Å². The molecule has 2 aromatic carbocycles. The lowest BCUT2D eigenvalue weighted by molar-refractivity contribution is 0.0637. The number of Topliss-reactive ketones (excluding diaryl/α,β-unsaturated/α-hetero) is 1. The summed E-state index contributed by atoms with van der Waals surface area (Å²) in [6.45, 7) is 1.12. The van der Waals surface area contributed by atoms with Gasteiger partial charge in [0.15, 0.2) is 5.78 Å². The van der Waals surface area contributed by atoms with E-state index >= 15 is 0 Å². The molecule has 1 amide bonds. The topological polar surface area (TPSA) is 55.2 Å². The summed E-state index contributed by atoms with van der Waals surface area (Å²) in [6.07, 6.45) is 5.18. The molecule has 1 saturated heterocycles. The second-order valence-corrected chi connectivity index (χ2v) is 7.40. The Balaban J connectivity index is 1.46. The van der Waals surface area contributed by atoms with Crippen molar-refractivity contribution in [3.8, 4) is 5.69 Å². The monoisotopic (exact) mass is 393 g/mol. The highest BCUT2D eigenvalue weighted by Gasteiger charge is 2.29. The number of hydrogen-bond acceptors (Lipinski definition) is 3. The van der Waals surface area contributed by atoms with Crippen LogP contribution < -0.4 is 0 Å². The zero-order valence-electron chi connectivity index (χ0n) is 15.3. The molecular weight excluding hydrogens is 374 g/mol. The average molecular weight is 394 g/mol. The molecule has 1 aromatic heterocycles. The predicted octanol–water partition coefficient (Wildman–Crippen LogP) is 4.26. The Bertz CT molecular complexity index is 966. The van der Waals surface area contributed by atoms with E-state index < -0.39 is 0 Å². The maximum absolute atomic E-state index is 12.9. The minimum atomic E-state index is -0.178. The van der Waals surface area contributed by atoms with E-state index in [9.17, 15) is 9.59 Å². The van der Waals surface area contributed by atoms with Crippen LogP contribution in [-0.2, 0) is 0 Å². The second-order valence-electron chi connectivity index (χ2n) is 6.96. The van der Waals surface area contributed by atoms with Crippen LogP contribution in [0.15, 0.2) is 67.0 Å². The first-order valence-corrected chi connectivity index (χ1v) is 9.69. The third-order valence-corrected chi connectivity index (χ3v) is 5.34. The summed E-state index contributed by atoms with van der Waals surface area (Å²) >= 11 is 5.91. The number of ketones is 1. The summed E-state index contributed by atoms with van der Waals surface area (Å²) in [7, 11) is 0. The Morgan fingerprint density at radius 2 is 1.71 bits per heavy atom. The molecule has 28 heavy (non-hydrogen) atoms. The lowest BCUT2D eigenvalue weighted by Crippen LogP contribution is -2.42. The standard InChI is InChI=1S/C22H20ClN3O2/c23-19-8-4-16(5-9-19)21(27)18-3-1-13-25(15-18)22(28)17-6-10-20(11-7-17)26-14-2-12-24-26/h2,4-12,14,18H,1,3,13,15H2/t18-/m0/s1. The van der Waals surface area contributed by atoms with Gasteiger partial charge < -0.3 is 4.90 Å². The quantitative estimate of drug-likeness (QED) is 0.622. The van der Waals surface area contributed by atoms with Gasteiger partial charge in [-0.3, -0.25) is 9.59 Å². The summed E-state index contributed by atoms with van der Waals surface area (Å²) in [4.78, 5) is 27.5. The third-order valence-electron chi connectivity index (χ3n) is 5.09. The van der Waals surface area contributed by atoms with E-state index in [1.54, 1.807) is 40.0 Å². The number of carbonyl (C=O) groups excluding carboxylic acids is 2. The summed E-state index contributed by atoms with van der Waals surface area (Å²) in [6, 6.07) is 16.2. The zero-order chi connectivity index (χ0) is 19.5. The summed E-state index contributed by atoms with van der Waals surface area (Å²) in [5.74, 6) is -0.147. The van der Waals surface area contributed by atoms with Gasteiger partial charge >= 0.3 is 0 Å². The molecule has 0 N–H and O–H groups in total. The van der Waals surface area contributed by atoms with Crippen molar-refractivity contribution < 1.29 is 9.59 Å². The van der Waals surface area contributed by atoms with Crippen molar-refractivity contribution in [3.63, 3.8) is 0 Å². The molecule has 5 nitrogen and oxygen atoms in total. The minimum absolute atomic E-state index is 0.0411. The lowest BCUT2D eigenvalue weighted by Gasteiger charge is -2.32. The number of carbonyl (C=O) groups is 2. The molecule has 0 radical (unpaired) electrons. The highest BCUT2D eigenvalue weighted by molar-refractivity contribution is 6.30. The van der Waals surface area contributed by atoms with Gasteiger partial charge in [0.1, 0.15) is 0 Å². The van der Waals surface area contributed by atoms with Crippen molar-refractivity contribution in [2.75, 3.05) is 13.1 Å². The zero-order valence-corrected chi connectivity index (χ0v) is 16.0. The van der Waals surface area contributed by atoms with Gasteiger partial charge in [-0.2, -0.15) is 5.10 Å². The first-order chi connectivity index (χ1) is 13.6. The van der Waals surface area contributed by atoms with Crippen LogP contribution in [0.25, 0.3) is 5.69 Å². The number of hydrogen-bond donors (Lipinski definition) is 0. The molecule has 1 aliphatic rings. The van der Waals surface area contributed by atoms with Crippen LogP contribution in [0, 0.1) is 5.92 Å². The molecule has 1 fully saturated rings. The van der Waals surface area contributed by atoms with Crippen molar-refractivity contribution in [1.82, 2.24) is 14.7 Å². The van der Waals surface area contributed by atoms with E-state index in [1.807, 2.05) is 36.5 Å². The number of piperidine rings is 1. The molecule has 4 rings (SSSR count). The number of likely N-dealkylation sites (tertiary alicyclic amines) is 1. The van der Waals surface area contributed by atoms with Crippen LogP contribution >= 0.6 is 11.6 Å². The normalized spacial score (nSPS) is 16.8. The fourth-order valence-corrected chi connectivity index (χ4v) is 3.71. The van der Waals surface area contributed by atoms with E-state index in [2.05, 4.69) is 5.10 Å². The molecule has 1 atom stereocenters. The first-order valence-electron chi connectivity index (χ1n) is 9.31. The van der Waals surface area contributed by atoms with Gasteiger partial charge in [0, 0.05) is 47.6 Å². The highest BCUT2D eigenvalue weighted by atomic mass is 35.5. The van der Waals surface area contributed by atoms with Crippen molar-refractivity contribution in [1.29, 1.82) is 0 Å². The van der Waals surface area contributed by atoms with Gasteiger partial charge in [-0.25, -0.2) is 4.68 Å². The van der Waals surface area contributed by atoms with Gasteiger partial charge in [0.25, 0.3) is 5.91 Å². The Morgan fingerprint density at radius 3 is 2.39 bits per heavy atom. The molecule has 0 bridgehead atoms. The fourth-order valence-electron chi connectivity index (χ4n) is 3.59. The van der Waals surface area contributed by atoms with Crippen LogP contribution in [0.1, 0.15) is 33.6 Å². The van der Waals surface area contributed by atoms with Crippen molar-refractivity contribution in [2.24, 2.45) is 5.92 Å². The van der Waals surface area contributed by atoms with Gasteiger partial charge in [-0.1, -0.05) is 11.6 Å². The van der Waals surface area contributed by atoms with Gasteiger partial charge in [0.05, 0.1) is 5.69 Å². The maximum atomic E-state index is 12.9. The minimum Gasteiger partial charge on any atom is -0.338 e. The van der Waals surface area contributed by atoms with E-state index in [0.717, 1.165) is 18.5 Å². The summed E-state index contributed by atoms with van der Waals surface area (Å²) < 4.78 is 1.75. The molecule has 0 unspecified atom stereocenters. The maximum Gasteiger partial charge on any atom is 0.253 e. The second kappa shape index (κ2) is 7.98. The average Bonchev–Trinajstić information content (AvgIpc) is 3.28. The van der Waals surface area contributed by atoms with Gasteiger partial charge in [-0.15, -0.1) is 0 Å². The van der Waals surface area contributed by atoms with Gasteiger partial charge in [-0.05, 0) is 67.4 Å². The highest BCUT2D eigenvalue weighted by Crippen LogP contribution is 2.23. The molecule has 0 aliphatic carbocycles. The Labute approximate surface area is 168 Å². The molecule has 3 aromatic rings. The molecule has 2 heterocycles. The van der Waals surface area contributed by atoms with Crippen molar-refractivity contribution >= 4 is 23.3 Å². The molecule has 6 heteroatoms. The van der Waals surface area contributed by atoms with Crippen LogP contribution in [0.3, 0.4) is 0 Å². The molecule has 142 valence electrons. The van der Waals surface area contributed by atoms with E-state index in [1.165, 1.54) is 0 Å². The number of aromatic nitrogens is 2. The third kappa shape index (κ3) is 3.85. The van der Waals surface area contributed by atoms with E-state index in [4.69, 9.17) is 11.6 Å². The molecular formula is C22H20ClN3O2. The summed E-state index contributed by atoms with van der Waals surface area (Å²) in [5, 5.41) is 4.80. The largest absolute Gasteiger partial charge is 0.338 e. The predicted molar refractivity (Wildman–Crippen MR) is 108 cm³/mol. The Hall–Kier alpha value is -2.92. The van der Waals surface area contributed by atoms with Crippen LogP contribution in [0.4, 0.5) is 0 Å². The number of amides is 1. The van der Waals surface area contributed by atoms with Crippen molar-refractivity contribution in [2.45, 2.75) is 12.8 Å². The molecule has 0 saturated carbocycles. The SMILES string of the molecule is O=C(c1ccc(Cl)cc1)[C@H]1CCCN(C(=O)c2ccc(-n3cccn3)cc2)C1. The molecule has 1 aliphatic heterocycles. The fraction of sp³-hybridized carbons (Fsp3) is 0.227. The number of rotatable bonds is 4. The smallest absolute Gasteiger partial charge is 0.253 e. The number of nitrogens with zero attached hydrogens (tertiary/aromatic N) is 3. The Kier molecular flexibility index (Phi) is 5.26. The van der Waals surface area contributed by atoms with Crippen LogP contribution in [0.2, 0.25) is 5.02 Å². The van der Waals surface area contributed by atoms with Crippen LogP contribution in [0.5, 0.6) is 0 Å². The van der Waals surface area contributed by atoms with Crippen molar-refractivity contribution in [3.05, 3.63) is 83.1 Å².